The van der Waals surface area contributed by atoms with Gasteiger partial charge in [0.1, 0.15) is 5.75 Å². The average molecular weight is 354 g/mol. The first-order valence-electron chi connectivity index (χ1n) is 8.24. The van der Waals surface area contributed by atoms with E-state index < -0.39 is 0 Å². The number of ether oxygens (including phenoxy) is 1. The number of hydrogen-bond acceptors (Lipinski definition) is 4. The van der Waals surface area contributed by atoms with E-state index in [0.717, 1.165) is 0 Å². The predicted octanol–water partition coefficient (Wildman–Crippen LogP) is 3.28. The maximum Gasteiger partial charge on any atom is 0.226 e. The summed E-state index contributed by atoms with van der Waals surface area (Å²) in [5.74, 6) is 0.137. The Labute approximate surface area is 152 Å². The lowest BCUT2D eigenvalue weighted by atomic mass is 10.1. The van der Waals surface area contributed by atoms with E-state index in [-0.39, 0.29) is 30.6 Å². The van der Waals surface area contributed by atoms with E-state index in [4.69, 9.17) is 4.74 Å². The highest BCUT2D eigenvalue weighted by Gasteiger charge is 2.15. The Kier molecular flexibility index (Phi) is 6.49. The first-order valence-corrected chi connectivity index (χ1v) is 8.24. The summed E-state index contributed by atoms with van der Waals surface area (Å²) in [4.78, 5) is 37.0. The number of amides is 2. The minimum Gasteiger partial charge on any atom is -0.495 e. The molecule has 2 amide bonds. The van der Waals surface area contributed by atoms with Gasteiger partial charge in [-0.2, -0.15) is 0 Å². The molecule has 6 heteroatoms. The summed E-state index contributed by atoms with van der Waals surface area (Å²) in [7, 11) is 1.53. The molecule has 0 spiro atoms. The molecule has 0 saturated carbocycles. The number of nitrogens with one attached hydrogen (secondary N) is 1. The van der Waals surface area contributed by atoms with Crippen LogP contribution in [0, 0.1) is 0 Å². The van der Waals surface area contributed by atoms with E-state index in [2.05, 4.69) is 5.32 Å². The van der Waals surface area contributed by atoms with Gasteiger partial charge in [0, 0.05) is 31.1 Å². The van der Waals surface area contributed by atoms with Gasteiger partial charge in [-0.05, 0) is 43.3 Å². The summed E-state index contributed by atoms with van der Waals surface area (Å²) >= 11 is 0. The van der Waals surface area contributed by atoms with Crippen LogP contribution in [-0.4, -0.2) is 31.3 Å². The molecule has 0 bridgehead atoms. The zero-order valence-corrected chi connectivity index (χ0v) is 15.1. The van der Waals surface area contributed by atoms with Crippen molar-refractivity contribution in [3.8, 4) is 5.75 Å². The fourth-order valence-electron chi connectivity index (χ4n) is 2.52. The van der Waals surface area contributed by atoms with Gasteiger partial charge in [-0.15, -0.1) is 0 Å². The monoisotopic (exact) mass is 354 g/mol. The van der Waals surface area contributed by atoms with Crippen LogP contribution < -0.4 is 15.0 Å². The van der Waals surface area contributed by atoms with Crippen LogP contribution in [0.5, 0.6) is 5.75 Å². The number of para-hydroxylation sites is 2. The number of ketones is 1. The van der Waals surface area contributed by atoms with E-state index >= 15 is 0 Å². The second-order valence-corrected chi connectivity index (χ2v) is 5.77. The lowest BCUT2D eigenvalue weighted by Crippen LogP contribution is -2.32. The van der Waals surface area contributed by atoms with Crippen molar-refractivity contribution in [2.75, 3.05) is 23.9 Å². The second-order valence-electron chi connectivity index (χ2n) is 5.77. The molecule has 0 unspecified atom stereocenters. The minimum atomic E-state index is -0.221. The highest BCUT2D eigenvalue weighted by atomic mass is 16.5. The van der Waals surface area contributed by atoms with Gasteiger partial charge in [-0.25, -0.2) is 0 Å². The normalized spacial score (nSPS) is 10.1. The number of methoxy groups -OCH3 is 1. The third kappa shape index (κ3) is 4.92. The van der Waals surface area contributed by atoms with Crippen LogP contribution in [0.2, 0.25) is 0 Å². The van der Waals surface area contributed by atoms with Gasteiger partial charge >= 0.3 is 0 Å². The van der Waals surface area contributed by atoms with E-state index in [1.165, 1.54) is 25.9 Å². The van der Waals surface area contributed by atoms with Crippen LogP contribution in [0.4, 0.5) is 11.4 Å². The number of anilines is 2. The lowest BCUT2D eigenvalue weighted by Gasteiger charge is -2.21. The largest absolute Gasteiger partial charge is 0.495 e. The third-order valence-electron chi connectivity index (χ3n) is 3.91. The van der Waals surface area contributed by atoms with E-state index in [0.29, 0.717) is 22.7 Å². The van der Waals surface area contributed by atoms with Crippen molar-refractivity contribution in [3.05, 3.63) is 54.1 Å². The molecule has 0 heterocycles. The maximum atomic E-state index is 12.2. The molecule has 136 valence electrons. The van der Waals surface area contributed by atoms with E-state index in [1.54, 1.807) is 42.5 Å². The molecule has 2 aromatic rings. The predicted molar refractivity (Wildman–Crippen MR) is 101 cm³/mol. The van der Waals surface area contributed by atoms with Gasteiger partial charge < -0.3 is 15.0 Å². The summed E-state index contributed by atoms with van der Waals surface area (Å²) in [5, 5.41) is 2.78. The molecule has 0 radical (unpaired) electrons. The molecular weight excluding hydrogens is 332 g/mol. The van der Waals surface area contributed by atoms with Crippen LogP contribution >= 0.6 is 0 Å². The van der Waals surface area contributed by atoms with Gasteiger partial charge in [0.05, 0.1) is 12.8 Å². The Morgan fingerprint density at radius 2 is 1.65 bits per heavy atom. The molecule has 2 aromatic carbocycles. The van der Waals surface area contributed by atoms with Crippen LogP contribution in [0.25, 0.3) is 0 Å². The smallest absolute Gasteiger partial charge is 0.226 e. The number of rotatable bonds is 7. The molecule has 6 nitrogen and oxygen atoms in total. The quantitative estimate of drug-likeness (QED) is 0.774. The number of nitrogens with zero attached hydrogens (tertiary/aromatic N) is 1. The first kappa shape index (κ1) is 19.2. The Balaban J connectivity index is 2.03. The Morgan fingerprint density at radius 3 is 2.23 bits per heavy atom. The van der Waals surface area contributed by atoms with Crippen LogP contribution in [0.15, 0.2) is 48.5 Å². The van der Waals surface area contributed by atoms with E-state index in [9.17, 15) is 14.4 Å². The van der Waals surface area contributed by atoms with Gasteiger partial charge in [0.2, 0.25) is 11.8 Å². The Bertz CT molecular complexity index is 800. The van der Waals surface area contributed by atoms with Crippen molar-refractivity contribution >= 4 is 29.0 Å². The number of carbonyl (C=O) groups is 3. The van der Waals surface area contributed by atoms with Crippen LogP contribution in [-0.2, 0) is 9.59 Å². The van der Waals surface area contributed by atoms with Crippen molar-refractivity contribution in [3.63, 3.8) is 0 Å². The van der Waals surface area contributed by atoms with Gasteiger partial charge in [-0.1, -0.05) is 12.1 Å². The highest BCUT2D eigenvalue weighted by Crippen LogP contribution is 2.23. The molecule has 0 fully saturated rings. The zero-order valence-electron chi connectivity index (χ0n) is 15.1. The summed E-state index contributed by atoms with van der Waals surface area (Å²) < 4.78 is 5.20. The average Bonchev–Trinajstić information content (AvgIpc) is 2.62. The standard InChI is InChI=1S/C20H22N2O4/c1-14(23)16-8-10-17(11-9-16)22(15(2)24)13-12-20(25)21-18-6-4-5-7-19(18)26-3/h4-11H,12-13H2,1-3H3,(H,21,25). The molecule has 2 rings (SSSR count). The molecule has 0 atom stereocenters. The zero-order chi connectivity index (χ0) is 19.1. The Morgan fingerprint density at radius 1 is 1.00 bits per heavy atom. The third-order valence-corrected chi connectivity index (χ3v) is 3.91. The molecule has 1 N–H and O–H groups in total. The Hall–Kier alpha value is -3.15. The minimum absolute atomic E-state index is 0.0397. The lowest BCUT2D eigenvalue weighted by molar-refractivity contribution is -0.117. The summed E-state index contributed by atoms with van der Waals surface area (Å²) in [6, 6.07) is 13.9. The van der Waals surface area contributed by atoms with Gasteiger partial charge in [-0.3, -0.25) is 14.4 Å². The number of hydrogen-bond donors (Lipinski definition) is 1. The van der Waals surface area contributed by atoms with Gasteiger partial charge in [0.25, 0.3) is 0 Å². The van der Waals surface area contributed by atoms with Crippen LogP contribution in [0.3, 0.4) is 0 Å². The molecule has 26 heavy (non-hydrogen) atoms. The van der Waals surface area contributed by atoms with Crippen LogP contribution in [0.1, 0.15) is 30.6 Å². The number of benzene rings is 2. The van der Waals surface area contributed by atoms with E-state index in [1.807, 2.05) is 6.07 Å². The SMILES string of the molecule is COc1ccccc1NC(=O)CCN(C(C)=O)c1ccc(C(C)=O)cc1. The summed E-state index contributed by atoms with van der Waals surface area (Å²) in [5.41, 5.74) is 1.80. The maximum absolute atomic E-state index is 12.2. The molecule has 0 aliphatic heterocycles. The highest BCUT2D eigenvalue weighted by molar-refractivity contribution is 5.97. The second kappa shape index (κ2) is 8.80. The van der Waals surface area contributed by atoms with Crippen molar-refractivity contribution in [2.45, 2.75) is 20.3 Å². The molecule has 0 aliphatic carbocycles. The fourth-order valence-corrected chi connectivity index (χ4v) is 2.52. The van der Waals surface area contributed by atoms with Crippen molar-refractivity contribution in [2.24, 2.45) is 0 Å². The molecular formula is C20H22N2O4. The van der Waals surface area contributed by atoms with Crippen molar-refractivity contribution in [1.82, 2.24) is 0 Å². The van der Waals surface area contributed by atoms with Gasteiger partial charge in [0.15, 0.2) is 5.78 Å². The number of carbonyl (C=O) groups excluding carboxylic acids is 3. The number of Topliss-reactive ketones (excluding diaryl/α,β-unsaturated/α-hetero) is 1. The van der Waals surface area contributed by atoms with Crippen molar-refractivity contribution in [1.29, 1.82) is 0 Å². The fraction of sp³-hybridized carbons (Fsp3) is 0.250. The van der Waals surface area contributed by atoms with Crippen molar-refractivity contribution < 1.29 is 19.1 Å². The summed E-state index contributed by atoms with van der Waals surface area (Å²) in [6.07, 6.45) is 0.131. The molecule has 0 aliphatic rings. The molecule has 0 saturated heterocycles. The topological polar surface area (TPSA) is 75.7 Å². The summed E-state index contributed by atoms with van der Waals surface area (Å²) in [6.45, 7) is 3.16. The molecule has 0 aromatic heterocycles. The first-order chi connectivity index (χ1) is 12.4.